The topological polar surface area (TPSA) is 0 Å². The van der Waals surface area contributed by atoms with Gasteiger partial charge in [0.15, 0.2) is 0 Å². The van der Waals surface area contributed by atoms with E-state index in [-0.39, 0.29) is 0 Å². The molecule has 0 atom stereocenters. The molecule has 0 radical (unpaired) electrons. The Bertz CT molecular complexity index is 1230. The normalized spacial score (nSPS) is 12.0. The van der Waals surface area contributed by atoms with Crippen LogP contribution in [0.15, 0.2) is 103 Å². The maximum atomic E-state index is 2.57. The summed E-state index contributed by atoms with van der Waals surface area (Å²) in [5, 5.41) is 1.69. The van der Waals surface area contributed by atoms with Crippen molar-refractivity contribution in [1.82, 2.24) is 0 Å². The molecule has 0 nitrogen and oxygen atoms in total. The first kappa shape index (κ1) is 27.1. The highest BCUT2D eigenvalue weighted by Crippen LogP contribution is 2.42. The molecule has 0 bridgehead atoms. The van der Waals surface area contributed by atoms with Crippen LogP contribution in [-0.2, 0) is 19.3 Å². The van der Waals surface area contributed by atoms with Gasteiger partial charge in [-0.2, -0.15) is 0 Å². The summed E-state index contributed by atoms with van der Waals surface area (Å²) in [6.45, 7) is 15.0. The first-order valence-electron chi connectivity index (χ1n) is 14.1. The van der Waals surface area contributed by atoms with Crippen LogP contribution in [0.3, 0.4) is 0 Å². The lowest BCUT2D eigenvalue weighted by Crippen LogP contribution is -2.57. The first-order chi connectivity index (χ1) is 17.8. The van der Waals surface area contributed by atoms with Crippen LogP contribution in [0.25, 0.3) is 0 Å². The molecular formula is C36H44Si. The molecular weight excluding hydrogens is 460 g/mol. The van der Waals surface area contributed by atoms with Crippen molar-refractivity contribution in [3.63, 3.8) is 0 Å². The van der Waals surface area contributed by atoms with E-state index in [1.165, 1.54) is 22.3 Å². The molecule has 0 fully saturated rings. The van der Waals surface area contributed by atoms with Gasteiger partial charge in [-0.05, 0) is 69.3 Å². The zero-order valence-electron chi connectivity index (χ0n) is 23.7. The Labute approximate surface area is 226 Å². The van der Waals surface area contributed by atoms with Gasteiger partial charge in [0.2, 0.25) is 0 Å². The summed E-state index contributed by atoms with van der Waals surface area (Å²) in [6.07, 6.45) is 2.96. The van der Waals surface area contributed by atoms with E-state index in [2.05, 4.69) is 145 Å². The molecule has 37 heavy (non-hydrogen) atoms. The van der Waals surface area contributed by atoms with Crippen LogP contribution in [0.1, 0.15) is 74.9 Å². The van der Waals surface area contributed by atoms with Gasteiger partial charge in [-0.25, -0.2) is 0 Å². The van der Waals surface area contributed by atoms with Crippen molar-refractivity contribution in [3.05, 3.63) is 137 Å². The second kappa shape index (κ2) is 12.1. The lowest BCUT2D eigenvalue weighted by molar-refractivity contribution is 0.832. The van der Waals surface area contributed by atoms with Crippen LogP contribution < -0.4 is 5.19 Å². The molecule has 4 rings (SSSR count). The van der Waals surface area contributed by atoms with Crippen molar-refractivity contribution in [2.75, 3.05) is 0 Å². The summed E-state index contributed by atoms with van der Waals surface area (Å²) in [7, 11) is -1.87. The Morgan fingerprint density at radius 3 is 1.22 bits per heavy atom. The molecule has 4 aromatic carbocycles. The van der Waals surface area contributed by atoms with Gasteiger partial charge in [-0.15, -0.1) is 0 Å². The zero-order chi connectivity index (χ0) is 26.4. The minimum atomic E-state index is -1.87. The van der Waals surface area contributed by atoms with E-state index in [1.54, 1.807) is 16.3 Å². The van der Waals surface area contributed by atoms with Gasteiger partial charge in [-0.3, -0.25) is 0 Å². The number of hydrogen-bond acceptors (Lipinski definition) is 0. The monoisotopic (exact) mass is 504 g/mol. The summed E-state index contributed by atoms with van der Waals surface area (Å²) in [5.41, 5.74) is 10.8. The van der Waals surface area contributed by atoms with Crippen LogP contribution in [0.5, 0.6) is 0 Å². The van der Waals surface area contributed by atoms with Crippen LogP contribution in [0.4, 0.5) is 0 Å². The molecule has 192 valence electrons. The van der Waals surface area contributed by atoms with Crippen molar-refractivity contribution in [3.8, 4) is 0 Å². The highest BCUT2D eigenvalue weighted by molar-refractivity contribution is 6.95. The molecule has 0 aliphatic rings. The van der Waals surface area contributed by atoms with Gasteiger partial charge >= 0.3 is 0 Å². The van der Waals surface area contributed by atoms with Gasteiger partial charge in [0.25, 0.3) is 0 Å². The molecule has 4 aromatic rings. The third kappa shape index (κ3) is 5.83. The predicted octanol–water partition coefficient (Wildman–Crippen LogP) is 9.34. The van der Waals surface area contributed by atoms with Crippen LogP contribution in [0, 0.1) is 0 Å². The molecule has 0 amide bonds. The molecule has 0 aliphatic carbocycles. The van der Waals surface area contributed by atoms with Crippen molar-refractivity contribution >= 4 is 13.3 Å². The van der Waals surface area contributed by atoms with Crippen molar-refractivity contribution < 1.29 is 0 Å². The van der Waals surface area contributed by atoms with Crippen molar-refractivity contribution in [2.24, 2.45) is 0 Å². The van der Waals surface area contributed by atoms with Crippen molar-refractivity contribution in [1.29, 1.82) is 0 Å². The molecule has 0 N–H and O–H groups in total. The molecule has 1 heteroatoms. The fraction of sp³-hybridized carbons (Fsp3) is 0.333. The zero-order valence-corrected chi connectivity index (χ0v) is 24.7. The van der Waals surface area contributed by atoms with Gasteiger partial charge in [-0.1, -0.05) is 150 Å². The fourth-order valence-electron chi connectivity index (χ4n) is 7.08. The van der Waals surface area contributed by atoms with E-state index in [0.717, 1.165) is 19.3 Å². The van der Waals surface area contributed by atoms with Gasteiger partial charge < -0.3 is 0 Å². The smallest absolute Gasteiger partial charge is 0.0648 e. The van der Waals surface area contributed by atoms with E-state index in [1.807, 2.05) is 0 Å². The summed E-state index contributed by atoms with van der Waals surface area (Å²) in [6, 6.07) is 38.3. The maximum Gasteiger partial charge on any atom is 0.0946 e. The molecule has 0 saturated carbocycles. The SMILES string of the molecule is CC(C)[Si](c1ccc(Cc2ccccc2)c(Cc2ccccc2)c1Cc1ccccc1)(C(C)C)C(C)C. The quantitative estimate of drug-likeness (QED) is 0.189. The summed E-state index contributed by atoms with van der Waals surface area (Å²) in [4.78, 5) is 0. The Balaban J connectivity index is 2.01. The molecule has 0 spiro atoms. The second-order valence-electron chi connectivity index (χ2n) is 11.6. The van der Waals surface area contributed by atoms with Gasteiger partial charge in [0.05, 0.1) is 8.07 Å². The molecule has 0 aromatic heterocycles. The molecule has 0 heterocycles. The van der Waals surface area contributed by atoms with Crippen LogP contribution in [-0.4, -0.2) is 8.07 Å². The molecule has 0 aliphatic heterocycles. The second-order valence-corrected chi connectivity index (χ2v) is 17.5. The van der Waals surface area contributed by atoms with Crippen LogP contribution >= 0.6 is 0 Å². The maximum absolute atomic E-state index is 2.57. The summed E-state index contributed by atoms with van der Waals surface area (Å²) >= 11 is 0. The lowest BCUT2D eigenvalue weighted by Gasteiger charge is -2.45. The van der Waals surface area contributed by atoms with Crippen molar-refractivity contribution in [2.45, 2.75) is 77.4 Å². The molecule has 0 saturated heterocycles. The lowest BCUT2D eigenvalue weighted by atomic mass is 9.88. The first-order valence-corrected chi connectivity index (χ1v) is 16.3. The largest absolute Gasteiger partial charge is 0.0946 e. The Kier molecular flexibility index (Phi) is 8.87. The number of benzene rings is 4. The third-order valence-electron chi connectivity index (χ3n) is 8.55. The van der Waals surface area contributed by atoms with E-state index >= 15 is 0 Å². The highest BCUT2D eigenvalue weighted by atomic mass is 28.3. The fourth-order valence-corrected chi connectivity index (χ4v) is 14.1. The summed E-state index contributed by atoms with van der Waals surface area (Å²) in [5.74, 6) is 0. The third-order valence-corrected chi connectivity index (χ3v) is 15.7. The predicted molar refractivity (Wildman–Crippen MR) is 165 cm³/mol. The summed E-state index contributed by atoms with van der Waals surface area (Å²) < 4.78 is 0. The Morgan fingerprint density at radius 2 is 0.811 bits per heavy atom. The Hall–Kier alpha value is -2.90. The number of rotatable bonds is 10. The molecule has 0 unspecified atom stereocenters. The minimum Gasteiger partial charge on any atom is -0.0648 e. The minimum absolute atomic E-state index is 0.673. The standard InChI is InChI=1S/C36H44Si/c1-27(2)37(28(3)4,29(5)6)36-23-22-33(24-30-16-10-7-11-17-30)34(25-31-18-12-8-13-19-31)35(36)26-32-20-14-9-15-21-32/h7-23,27-29H,24-26H2,1-6H3. The van der Waals surface area contributed by atoms with E-state index in [4.69, 9.17) is 0 Å². The average Bonchev–Trinajstić information content (AvgIpc) is 2.88. The van der Waals surface area contributed by atoms with Gasteiger partial charge in [0.1, 0.15) is 0 Å². The number of hydrogen-bond donors (Lipinski definition) is 0. The average molecular weight is 505 g/mol. The Morgan fingerprint density at radius 1 is 0.432 bits per heavy atom. The van der Waals surface area contributed by atoms with Gasteiger partial charge in [0, 0.05) is 0 Å². The van der Waals surface area contributed by atoms with E-state index in [0.29, 0.717) is 16.6 Å². The van der Waals surface area contributed by atoms with Crippen LogP contribution in [0.2, 0.25) is 16.6 Å². The van der Waals surface area contributed by atoms with E-state index < -0.39 is 8.07 Å². The highest BCUT2D eigenvalue weighted by Gasteiger charge is 2.45. The van der Waals surface area contributed by atoms with E-state index in [9.17, 15) is 0 Å².